The molecule has 3 aliphatic rings. The molecule has 0 aromatic heterocycles. The zero-order valence-corrected chi connectivity index (χ0v) is 57.0. The van der Waals surface area contributed by atoms with Crippen molar-refractivity contribution >= 4 is 110 Å². The van der Waals surface area contributed by atoms with Crippen molar-refractivity contribution in [3.05, 3.63) is 89.5 Å². The van der Waals surface area contributed by atoms with Gasteiger partial charge in [-0.2, -0.15) is 0 Å². The van der Waals surface area contributed by atoms with E-state index in [0.29, 0.717) is 70.8 Å². The number of carbonyl (C=O) groups is 7. The highest BCUT2D eigenvalue weighted by molar-refractivity contribution is 8.77. The molecule has 95 heavy (non-hydrogen) atoms. The molecule has 9 atom stereocenters. The molecule has 0 bridgehead atoms. The summed E-state index contributed by atoms with van der Waals surface area (Å²) in [5.41, 5.74) is 14.8. The number of aliphatic hydroxyl groups is 7. The van der Waals surface area contributed by atoms with Crippen molar-refractivity contribution in [1.82, 2.24) is 31.5 Å². The van der Waals surface area contributed by atoms with Crippen molar-refractivity contribution in [3.63, 3.8) is 0 Å². The Balaban J connectivity index is 0. The maximum absolute atomic E-state index is 13.0. The van der Waals surface area contributed by atoms with Gasteiger partial charge in [-0.25, -0.2) is 0 Å². The van der Waals surface area contributed by atoms with Crippen LogP contribution in [0.25, 0.3) is 0 Å². The summed E-state index contributed by atoms with van der Waals surface area (Å²) in [5.74, 6) is 0.825. The van der Waals surface area contributed by atoms with Crippen molar-refractivity contribution in [2.75, 3.05) is 100 Å². The van der Waals surface area contributed by atoms with Gasteiger partial charge in [-0.15, -0.1) is 0 Å². The van der Waals surface area contributed by atoms with Gasteiger partial charge >= 0.3 is 0 Å². The highest BCUT2D eigenvalue weighted by Crippen LogP contribution is 2.40. The number of nitrogens with one attached hydrogen (secondary N) is 6. The van der Waals surface area contributed by atoms with E-state index in [1.54, 1.807) is 84.6 Å². The standard InChI is InChI=1S/C29H39N5O4S2.C26H42N4O6S2.C6H12O5.C2H6.2CH4.B.H2O/c30-23-11-7-21(8-12-23)26(35)5-3-17-34(18-16-32-29(38)22-9-13-24(31)14-10-22)28(37)20-33-27(36)6-2-1-4-25-15-19-39-40-25;1-18(14-21(32)17-31)23(33)15-29-20-8-6-19(7-9-20)26(36)28-12-11-27-25(35)16-30-24(34)5-3-2-4-22-10-13-37-38-22;7-1-4-6(10)5(9)3(8)2-11-4;1-2;;;;/h7-14,25H,1-6,15-20,30-31H2,(H,32,38)(H,33,36);6-9,18,21-23,29,31-33H,2-5,10-17H2,1H3,(H,27,35)(H,28,36)(H,30,34);3-10H,1-2H2;1-2H3;2*1H4;;1H2. The van der Waals surface area contributed by atoms with Crippen LogP contribution in [0.3, 0.4) is 0 Å². The minimum atomic E-state index is -1.22. The van der Waals surface area contributed by atoms with Gasteiger partial charge in [0.05, 0.1) is 45.1 Å². The van der Waals surface area contributed by atoms with Crippen molar-refractivity contribution in [3.8, 4) is 0 Å². The van der Waals surface area contributed by atoms with Gasteiger partial charge < -0.3 is 94.2 Å². The average Bonchev–Trinajstić information content (AvgIpc) is 1.65. The predicted octanol–water partition coefficient (Wildman–Crippen LogP) is 3.97. The highest BCUT2D eigenvalue weighted by Gasteiger charge is 2.37. The molecular weight excluding hydrogens is 1300 g/mol. The van der Waals surface area contributed by atoms with Gasteiger partial charge in [0, 0.05) is 123 Å². The van der Waals surface area contributed by atoms with Crippen LogP contribution in [0.2, 0.25) is 0 Å². The molecule has 6 rings (SSSR count). The van der Waals surface area contributed by atoms with Crippen LogP contribution in [-0.4, -0.2) is 227 Å². The first-order chi connectivity index (χ1) is 43.8. The fraction of sp³-hybridized carbons (Fsp3) is 0.615. The first-order valence-electron chi connectivity index (χ1n) is 31.3. The Morgan fingerprint density at radius 1 is 0.621 bits per heavy atom. The number of ether oxygens (including phenoxy) is 1. The summed E-state index contributed by atoms with van der Waals surface area (Å²) in [7, 11) is 7.73. The van der Waals surface area contributed by atoms with Crippen LogP contribution in [0.5, 0.6) is 0 Å². The molecule has 3 aliphatic heterocycles. The third-order valence-corrected chi connectivity index (χ3v) is 20.7. The van der Waals surface area contributed by atoms with Crippen molar-refractivity contribution < 1.29 is 79.5 Å². The lowest BCUT2D eigenvalue weighted by molar-refractivity contribution is -0.195. The number of nitrogens with two attached hydrogens (primary N) is 2. The number of benzene rings is 3. The Labute approximate surface area is 579 Å². The summed E-state index contributed by atoms with van der Waals surface area (Å²) in [6, 6.07) is 20.1. The lowest BCUT2D eigenvalue weighted by atomic mass is 9.97. The fourth-order valence-electron chi connectivity index (χ4n) is 9.13. The van der Waals surface area contributed by atoms with E-state index in [0.717, 1.165) is 44.2 Å². The maximum Gasteiger partial charge on any atom is 0.251 e. The molecule has 30 heteroatoms. The van der Waals surface area contributed by atoms with Gasteiger partial charge in [-0.1, -0.05) is 91.6 Å². The maximum atomic E-state index is 13.0. The molecule has 6 amide bonds. The van der Waals surface area contributed by atoms with Gasteiger partial charge in [0.25, 0.3) is 11.8 Å². The summed E-state index contributed by atoms with van der Waals surface area (Å²) in [4.78, 5) is 88.1. The van der Waals surface area contributed by atoms with Crippen molar-refractivity contribution in [2.45, 2.75) is 166 Å². The quantitative estimate of drug-likeness (QED) is 0.0130. The first kappa shape index (κ1) is 91.7. The number of hydrogen-bond donors (Lipinski definition) is 15. The SMILES string of the molecule is C.C.CC.CC(CC(O)CO)C(O)CNc1ccc(C(=O)NCCNC(=O)CNC(=O)CCCCC2CCSS2)cc1.Nc1ccc(C(=O)CCCN(CCNC(=O)c2ccc(N)cc2)C(=O)CNC(=O)CCCCC2CCSS2)cc1.O.OCC1OCC(O)C(O)C1O.[B]. The fourth-order valence-corrected chi connectivity index (χ4v) is 15.2. The summed E-state index contributed by atoms with van der Waals surface area (Å²) < 4.78 is 4.81. The minimum absolute atomic E-state index is 0. The van der Waals surface area contributed by atoms with E-state index < -0.39 is 36.6 Å². The van der Waals surface area contributed by atoms with E-state index in [2.05, 4.69) is 31.9 Å². The lowest BCUT2D eigenvalue weighted by Gasteiger charge is -2.34. The number of rotatable bonds is 35. The monoisotopic (exact) mass is 1410 g/mol. The Morgan fingerprint density at radius 3 is 1.62 bits per heavy atom. The Kier molecular flexibility index (Phi) is 51.8. The molecule has 25 nitrogen and oxygen atoms in total. The number of unbranched alkanes of at least 4 members (excludes halogenated alkanes) is 2. The van der Waals surface area contributed by atoms with Gasteiger partial charge in [-0.05, 0) is 130 Å². The molecule has 3 fully saturated rings. The van der Waals surface area contributed by atoms with Crippen LogP contribution in [0.4, 0.5) is 17.1 Å². The zero-order valence-electron chi connectivity index (χ0n) is 53.7. The van der Waals surface area contributed by atoms with Crippen molar-refractivity contribution in [1.29, 1.82) is 0 Å². The molecule has 0 spiro atoms. The number of aliphatic hydroxyl groups excluding tert-OH is 7. The van der Waals surface area contributed by atoms with Gasteiger partial charge in [0.15, 0.2) is 5.78 Å². The Hall–Kier alpha value is -5.35. The number of ketones is 1. The highest BCUT2D eigenvalue weighted by atomic mass is 33.1. The van der Waals surface area contributed by atoms with Crippen LogP contribution in [0.1, 0.15) is 150 Å². The van der Waals surface area contributed by atoms with E-state index in [1.807, 2.05) is 57.0 Å². The summed E-state index contributed by atoms with van der Waals surface area (Å²) in [6.07, 6.45) is 4.40. The number of carbonyl (C=O) groups excluding carboxylic acids is 7. The molecular formula is C65H109BN9O16S4. The molecule has 537 valence electrons. The second-order valence-corrected chi connectivity index (χ2v) is 27.5. The van der Waals surface area contributed by atoms with Crippen molar-refractivity contribution in [2.24, 2.45) is 5.92 Å². The lowest BCUT2D eigenvalue weighted by Crippen LogP contribution is -2.53. The minimum Gasteiger partial charge on any atom is -0.412 e. The number of amides is 6. The van der Waals surface area contributed by atoms with E-state index >= 15 is 0 Å². The molecule has 19 N–H and O–H groups in total. The normalized spacial score (nSPS) is 18.4. The zero-order chi connectivity index (χ0) is 66.9. The third kappa shape index (κ3) is 38.4. The summed E-state index contributed by atoms with van der Waals surface area (Å²) >= 11 is 0. The van der Waals surface area contributed by atoms with Crippen LogP contribution in [0.15, 0.2) is 72.8 Å². The second-order valence-electron chi connectivity index (χ2n) is 21.9. The van der Waals surface area contributed by atoms with Gasteiger partial charge in [0.2, 0.25) is 23.6 Å². The van der Waals surface area contributed by atoms with E-state index in [9.17, 15) is 43.8 Å². The number of Topliss-reactive ketones (excluding diaryl/α,β-unsaturated/α-hetero) is 1. The molecule has 0 saturated carbocycles. The average molecular weight is 1410 g/mol. The number of nitrogen functional groups attached to an aromatic ring is 2. The molecule has 3 aromatic carbocycles. The molecule has 0 aliphatic carbocycles. The van der Waals surface area contributed by atoms with Crippen LogP contribution < -0.4 is 43.4 Å². The summed E-state index contributed by atoms with van der Waals surface area (Å²) in [6.45, 7) is 6.43. The van der Waals surface area contributed by atoms with Gasteiger partial charge in [0.1, 0.15) is 24.4 Å². The van der Waals surface area contributed by atoms with E-state index in [1.165, 1.54) is 24.3 Å². The Morgan fingerprint density at radius 2 is 1.12 bits per heavy atom. The summed E-state index contributed by atoms with van der Waals surface area (Å²) in [5, 5.41) is 82.4. The molecule has 3 heterocycles. The molecule has 3 saturated heterocycles. The molecule has 3 radical (unpaired) electrons. The smallest absolute Gasteiger partial charge is 0.251 e. The van der Waals surface area contributed by atoms with Crippen LogP contribution >= 0.6 is 43.2 Å². The number of nitrogens with zero attached hydrogens (tertiary/aromatic N) is 1. The second kappa shape index (κ2) is 53.7. The van der Waals surface area contributed by atoms with Crippen LogP contribution in [-0.2, 0) is 23.9 Å². The Bertz CT molecular complexity index is 2520. The van der Waals surface area contributed by atoms with E-state index in [4.69, 9.17) is 41.7 Å². The predicted molar refractivity (Wildman–Crippen MR) is 386 cm³/mol. The topological polar surface area (TPSA) is 429 Å². The first-order valence-corrected chi connectivity index (χ1v) is 36.1. The number of anilines is 3. The van der Waals surface area contributed by atoms with Crippen LogP contribution in [0, 0.1) is 5.92 Å². The third-order valence-electron chi connectivity index (χ3n) is 14.6. The van der Waals surface area contributed by atoms with Gasteiger partial charge in [-0.3, -0.25) is 33.6 Å². The molecule has 3 aromatic rings. The molecule has 9 unspecified atom stereocenters. The number of hydrogen-bond acceptors (Lipinski definition) is 22. The largest absolute Gasteiger partial charge is 0.412 e. The van der Waals surface area contributed by atoms with E-state index in [-0.39, 0.29) is 148 Å².